The fourth-order valence-electron chi connectivity index (χ4n) is 12.3. The van der Waals surface area contributed by atoms with E-state index in [1.807, 2.05) is 0 Å². The molecule has 0 atom stereocenters. The van der Waals surface area contributed by atoms with Gasteiger partial charge in [-0.1, -0.05) is 243 Å². The van der Waals surface area contributed by atoms with Crippen molar-refractivity contribution in [3.8, 4) is 89.0 Å². The van der Waals surface area contributed by atoms with Gasteiger partial charge < -0.3 is 9.80 Å². The van der Waals surface area contributed by atoms with Crippen molar-refractivity contribution in [2.75, 3.05) is 9.80 Å². The van der Waals surface area contributed by atoms with Crippen molar-refractivity contribution in [2.45, 2.75) is 0 Å². The maximum atomic E-state index is 2.47. The quantitative estimate of drug-likeness (QED) is 0.120. The number of hydrogen-bond donors (Lipinski definition) is 0. The van der Waals surface area contributed by atoms with Gasteiger partial charge in [-0.05, 0) is 173 Å². The van der Waals surface area contributed by atoms with E-state index < -0.39 is 0 Å². The third kappa shape index (κ3) is 8.80. The second kappa shape index (κ2) is 20.8. The summed E-state index contributed by atoms with van der Waals surface area (Å²) in [6, 6.07) is 120. The van der Waals surface area contributed by atoms with Crippen LogP contribution in [0.5, 0.6) is 0 Å². The zero-order valence-electron chi connectivity index (χ0n) is 45.1. The van der Waals surface area contributed by atoms with E-state index in [1.54, 1.807) is 0 Å². The minimum Gasteiger partial charge on any atom is -0.309 e. The monoisotopic (exact) mass is 1040 g/mol. The molecule has 0 spiro atoms. The van der Waals surface area contributed by atoms with E-state index in [-0.39, 0.29) is 0 Å². The predicted molar refractivity (Wildman–Crippen MR) is 348 cm³/mol. The molecule has 14 aromatic rings. The maximum absolute atomic E-state index is 2.47. The van der Waals surface area contributed by atoms with Crippen LogP contribution < -0.4 is 9.80 Å². The van der Waals surface area contributed by atoms with E-state index in [0.717, 1.165) is 67.5 Å². The number of anilines is 6. The van der Waals surface area contributed by atoms with E-state index >= 15 is 0 Å². The van der Waals surface area contributed by atoms with Crippen LogP contribution in [-0.4, -0.2) is 0 Å². The van der Waals surface area contributed by atoms with Gasteiger partial charge in [0.2, 0.25) is 0 Å². The van der Waals surface area contributed by atoms with Gasteiger partial charge in [-0.2, -0.15) is 0 Å². The molecule has 2 heteroatoms. The van der Waals surface area contributed by atoms with Gasteiger partial charge >= 0.3 is 0 Å². The molecule has 1 aliphatic rings. The SMILES string of the molecule is c1ccc(-c2ccc(N(c3ccc4cc5c(cc4c3)-c3cc4cc(N(c6ccccc6-c6ccccc6)c6ccc(-c7ccccc7)cc6-c6ccccc6)ccc4cc3-5)c3ccccc3-c3ccccc3)c(-c3ccccc3)c2)cc1. The summed E-state index contributed by atoms with van der Waals surface area (Å²) < 4.78 is 0. The summed E-state index contributed by atoms with van der Waals surface area (Å²) in [5.74, 6) is 0. The Hall–Kier alpha value is -10.8. The van der Waals surface area contributed by atoms with Crippen molar-refractivity contribution in [3.63, 3.8) is 0 Å². The molecule has 0 radical (unpaired) electrons. The molecule has 15 rings (SSSR count). The lowest BCUT2D eigenvalue weighted by Gasteiger charge is -2.31. The Bertz CT molecular complexity index is 4350. The van der Waals surface area contributed by atoms with Gasteiger partial charge in [0.05, 0.1) is 22.7 Å². The number of benzene rings is 14. The van der Waals surface area contributed by atoms with Crippen LogP contribution in [0, 0.1) is 0 Å². The zero-order chi connectivity index (χ0) is 54.3. The van der Waals surface area contributed by atoms with Crippen LogP contribution in [0.15, 0.2) is 328 Å². The molecule has 1 aliphatic carbocycles. The molecule has 0 aromatic heterocycles. The molecule has 82 heavy (non-hydrogen) atoms. The molecular formula is C80H54N2. The van der Waals surface area contributed by atoms with Gasteiger partial charge in [-0.15, -0.1) is 0 Å². The number of rotatable bonds is 12. The molecule has 0 N–H and O–H groups in total. The number of nitrogens with zero attached hydrogens (tertiary/aromatic N) is 2. The van der Waals surface area contributed by atoms with Crippen molar-refractivity contribution in [2.24, 2.45) is 0 Å². The minimum absolute atomic E-state index is 1.09. The summed E-state index contributed by atoms with van der Waals surface area (Å²) in [7, 11) is 0. The smallest absolute Gasteiger partial charge is 0.0540 e. The minimum atomic E-state index is 1.09. The predicted octanol–water partition coefficient (Wildman–Crippen LogP) is 22.6. The Balaban J connectivity index is 0.877. The Morgan fingerprint density at radius 2 is 0.427 bits per heavy atom. The topological polar surface area (TPSA) is 6.48 Å². The van der Waals surface area contributed by atoms with E-state index in [0.29, 0.717) is 0 Å². The second-order valence-corrected chi connectivity index (χ2v) is 21.2. The van der Waals surface area contributed by atoms with Gasteiger partial charge in [0.15, 0.2) is 0 Å². The Morgan fingerprint density at radius 3 is 0.780 bits per heavy atom. The molecule has 0 aliphatic heterocycles. The Morgan fingerprint density at radius 1 is 0.146 bits per heavy atom. The molecule has 0 fully saturated rings. The van der Waals surface area contributed by atoms with Crippen LogP contribution in [-0.2, 0) is 0 Å². The van der Waals surface area contributed by atoms with Crippen molar-refractivity contribution in [3.05, 3.63) is 328 Å². The molecular weight excluding hydrogens is 989 g/mol. The lowest BCUT2D eigenvalue weighted by molar-refractivity contribution is 1.29. The summed E-state index contributed by atoms with van der Waals surface area (Å²) in [4.78, 5) is 4.95. The second-order valence-electron chi connectivity index (χ2n) is 21.2. The maximum Gasteiger partial charge on any atom is 0.0540 e. The average Bonchev–Trinajstić information content (AvgIpc) is 3.38. The molecule has 14 aromatic carbocycles. The van der Waals surface area contributed by atoms with Gasteiger partial charge in [-0.25, -0.2) is 0 Å². The lowest BCUT2D eigenvalue weighted by Crippen LogP contribution is -2.13. The Labute approximate surface area is 479 Å². The zero-order valence-corrected chi connectivity index (χ0v) is 45.1. The number of para-hydroxylation sites is 2. The van der Waals surface area contributed by atoms with Crippen molar-refractivity contribution in [1.82, 2.24) is 0 Å². The largest absolute Gasteiger partial charge is 0.309 e. The summed E-state index contributed by atoms with van der Waals surface area (Å²) >= 11 is 0. The molecule has 0 amide bonds. The van der Waals surface area contributed by atoms with E-state index in [2.05, 4.69) is 337 Å². The first-order valence-corrected chi connectivity index (χ1v) is 28.2. The molecule has 0 unspecified atom stereocenters. The fraction of sp³-hybridized carbons (Fsp3) is 0. The third-order valence-electron chi connectivity index (χ3n) is 16.3. The van der Waals surface area contributed by atoms with Crippen LogP contribution in [0.2, 0.25) is 0 Å². The van der Waals surface area contributed by atoms with Crippen molar-refractivity contribution >= 4 is 55.7 Å². The first-order chi connectivity index (χ1) is 40.7. The summed E-state index contributed by atoms with van der Waals surface area (Å²) in [6.07, 6.45) is 0. The fourth-order valence-corrected chi connectivity index (χ4v) is 12.3. The van der Waals surface area contributed by atoms with Crippen LogP contribution >= 0.6 is 0 Å². The van der Waals surface area contributed by atoms with Gasteiger partial charge in [0.1, 0.15) is 0 Å². The molecule has 0 saturated heterocycles. The molecule has 0 bridgehead atoms. The van der Waals surface area contributed by atoms with E-state index in [4.69, 9.17) is 0 Å². The molecule has 0 saturated carbocycles. The number of hydrogen-bond acceptors (Lipinski definition) is 2. The normalized spacial score (nSPS) is 11.4. The number of fused-ring (bicyclic) bond motifs is 6. The van der Waals surface area contributed by atoms with Crippen molar-refractivity contribution < 1.29 is 0 Å². The molecule has 384 valence electrons. The van der Waals surface area contributed by atoms with E-state index in [9.17, 15) is 0 Å². The van der Waals surface area contributed by atoms with E-state index in [1.165, 1.54) is 77.2 Å². The highest BCUT2D eigenvalue weighted by atomic mass is 15.2. The third-order valence-corrected chi connectivity index (χ3v) is 16.3. The van der Waals surface area contributed by atoms with Crippen LogP contribution in [0.25, 0.3) is 111 Å². The van der Waals surface area contributed by atoms with Gasteiger partial charge in [0.25, 0.3) is 0 Å². The first-order valence-electron chi connectivity index (χ1n) is 28.2. The molecule has 2 nitrogen and oxygen atoms in total. The van der Waals surface area contributed by atoms with Gasteiger partial charge in [-0.3, -0.25) is 0 Å². The van der Waals surface area contributed by atoms with Crippen LogP contribution in [0.3, 0.4) is 0 Å². The summed E-state index contributed by atoms with van der Waals surface area (Å²) in [5.41, 5.74) is 25.8. The Kier molecular flexibility index (Phi) is 12.2. The summed E-state index contributed by atoms with van der Waals surface area (Å²) in [5, 5.41) is 4.80. The lowest BCUT2D eigenvalue weighted by atomic mass is 9.78. The van der Waals surface area contributed by atoms with Gasteiger partial charge in [0, 0.05) is 33.6 Å². The molecule has 0 heterocycles. The van der Waals surface area contributed by atoms with Crippen molar-refractivity contribution in [1.29, 1.82) is 0 Å². The highest BCUT2D eigenvalue weighted by Crippen LogP contribution is 2.53. The van der Waals surface area contributed by atoms with Crippen LogP contribution in [0.4, 0.5) is 34.1 Å². The summed E-state index contributed by atoms with van der Waals surface area (Å²) in [6.45, 7) is 0. The average molecular weight is 1040 g/mol. The highest BCUT2D eigenvalue weighted by molar-refractivity contribution is 6.13. The van der Waals surface area contributed by atoms with Crippen LogP contribution in [0.1, 0.15) is 0 Å². The highest BCUT2D eigenvalue weighted by Gasteiger charge is 2.27. The first kappa shape index (κ1) is 48.3. The standard InChI is InChI=1S/C80H54N2/c1-7-23-55(24-8-1)61-41-45-79(71(49-61)59-31-15-5-16-32-59)81(77-37-21-19-35-69(77)57-27-11-3-12-28-57)67-43-39-63-51-73-74-52-64-40-44-68(48-66(64)54-76(74)75(73)53-65(63)47-67)82(78-38-22-20-36-70(78)58-29-13-4-14-30-58)80-46-42-62(56-25-9-2-10-26-56)50-72(80)60-33-17-6-18-34-60/h1-54H.